The molecule has 0 aliphatic rings. The molecular formula is C25H22N2O5S. The topological polar surface area (TPSA) is 119 Å². The molecule has 0 atom stereocenters. The number of aromatic carboxylic acids is 1. The van der Waals surface area contributed by atoms with Crippen LogP contribution in [0.4, 0.5) is 5.69 Å². The number of rotatable bonds is 8. The number of para-hydroxylation sites is 1. The summed E-state index contributed by atoms with van der Waals surface area (Å²) in [5, 5.41) is 20.3. The molecular weight excluding hydrogens is 440 g/mol. The smallest absolute Gasteiger partial charge is 0.335 e. The second-order valence-corrected chi connectivity index (χ2v) is 9.00. The van der Waals surface area contributed by atoms with Crippen molar-refractivity contribution in [3.05, 3.63) is 96.1 Å². The van der Waals surface area contributed by atoms with E-state index in [0.717, 1.165) is 22.4 Å². The van der Waals surface area contributed by atoms with Crippen LogP contribution in [0.3, 0.4) is 0 Å². The Morgan fingerprint density at radius 2 is 1.61 bits per heavy atom. The first-order valence-corrected chi connectivity index (χ1v) is 11.7. The van der Waals surface area contributed by atoms with Gasteiger partial charge in [0.25, 0.3) is 0 Å². The summed E-state index contributed by atoms with van der Waals surface area (Å²) in [6.45, 7) is 0.413. The molecule has 7 nitrogen and oxygen atoms in total. The quantitative estimate of drug-likeness (QED) is 0.351. The van der Waals surface area contributed by atoms with E-state index < -0.39 is 20.9 Å². The minimum absolute atomic E-state index is 0.0489. The van der Waals surface area contributed by atoms with Gasteiger partial charge in [-0.25, -0.2) is 18.4 Å². The Morgan fingerprint density at radius 1 is 0.909 bits per heavy atom. The van der Waals surface area contributed by atoms with Gasteiger partial charge in [0.05, 0.1) is 11.3 Å². The zero-order valence-electron chi connectivity index (χ0n) is 17.6. The SMILES string of the molecule is NS(=O)(=O)c1cc(C(=O)O)cc(NCCc2ccc3ccccc3c2)c1Oc1ccccc1. The van der Waals surface area contributed by atoms with Gasteiger partial charge in [-0.2, -0.15) is 0 Å². The Morgan fingerprint density at radius 3 is 2.30 bits per heavy atom. The van der Waals surface area contributed by atoms with Gasteiger partial charge < -0.3 is 15.2 Å². The third kappa shape index (κ3) is 5.31. The van der Waals surface area contributed by atoms with Crippen LogP contribution in [-0.2, 0) is 16.4 Å². The van der Waals surface area contributed by atoms with E-state index in [9.17, 15) is 18.3 Å². The highest BCUT2D eigenvalue weighted by Crippen LogP contribution is 2.37. The molecule has 0 saturated heterocycles. The van der Waals surface area contributed by atoms with Gasteiger partial charge in [0.15, 0.2) is 5.75 Å². The van der Waals surface area contributed by atoms with Gasteiger partial charge in [-0.05, 0) is 47.0 Å². The van der Waals surface area contributed by atoms with Crippen LogP contribution in [-0.4, -0.2) is 26.0 Å². The molecule has 0 unspecified atom stereocenters. The van der Waals surface area contributed by atoms with E-state index in [1.165, 1.54) is 6.07 Å². The van der Waals surface area contributed by atoms with Gasteiger partial charge in [0.1, 0.15) is 10.6 Å². The average molecular weight is 463 g/mol. The summed E-state index contributed by atoms with van der Waals surface area (Å²) in [5.41, 5.74) is 1.09. The van der Waals surface area contributed by atoms with Crippen LogP contribution in [0, 0.1) is 0 Å². The Balaban J connectivity index is 1.66. The van der Waals surface area contributed by atoms with E-state index in [1.54, 1.807) is 30.3 Å². The maximum absolute atomic E-state index is 12.3. The maximum atomic E-state index is 12.3. The predicted molar refractivity (Wildman–Crippen MR) is 127 cm³/mol. The maximum Gasteiger partial charge on any atom is 0.335 e. The van der Waals surface area contributed by atoms with Crippen LogP contribution in [0.5, 0.6) is 11.5 Å². The van der Waals surface area contributed by atoms with Gasteiger partial charge in [-0.15, -0.1) is 0 Å². The van der Waals surface area contributed by atoms with Crippen molar-refractivity contribution >= 4 is 32.5 Å². The number of nitrogens with two attached hydrogens (primary N) is 1. The molecule has 0 aromatic heterocycles. The third-order valence-electron chi connectivity index (χ3n) is 5.11. The van der Waals surface area contributed by atoms with Crippen molar-refractivity contribution in [3.8, 4) is 11.5 Å². The zero-order chi connectivity index (χ0) is 23.4. The summed E-state index contributed by atoms with van der Waals surface area (Å²) >= 11 is 0. The molecule has 33 heavy (non-hydrogen) atoms. The van der Waals surface area contributed by atoms with E-state index in [-0.39, 0.29) is 17.0 Å². The molecule has 4 rings (SSSR count). The standard InChI is InChI=1S/C25H22N2O5S/c26-33(30,31)23-16-20(25(28)29)15-22(24(23)32-21-8-2-1-3-9-21)27-13-12-17-10-11-18-6-4-5-7-19(18)14-17/h1-11,14-16,27H,12-13H2,(H,28,29)(H2,26,30,31). The zero-order valence-corrected chi connectivity index (χ0v) is 18.4. The number of hydrogen-bond acceptors (Lipinski definition) is 5. The highest BCUT2D eigenvalue weighted by Gasteiger charge is 2.23. The highest BCUT2D eigenvalue weighted by molar-refractivity contribution is 7.89. The average Bonchev–Trinajstić information content (AvgIpc) is 2.79. The Hall–Kier alpha value is -3.88. The normalized spacial score (nSPS) is 11.3. The lowest BCUT2D eigenvalue weighted by molar-refractivity contribution is 0.0696. The summed E-state index contributed by atoms with van der Waals surface area (Å²) in [6.07, 6.45) is 0.623. The molecule has 4 aromatic carbocycles. The minimum Gasteiger partial charge on any atom is -0.478 e. The van der Waals surface area contributed by atoms with Crippen LogP contribution in [0.15, 0.2) is 89.8 Å². The number of carboxylic acids is 1. The van der Waals surface area contributed by atoms with Crippen molar-refractivity contribution in [2.45, 2.75) is 11.3 Å². The van der Waals surface area contributed by atoms with E-state index in [0.29, 0.717) is 18.7 Å². The van der Waals surface area contributed by atoms with Gasteiger partial charge in [0.2, 0.25) is 10.0 Å². The number of primary sulfonamides is 1. The van der Waals surface area contributed by atoms with Crippen LogP contribution in [0.2, 0.25) is 0 Å². The molecule has 4 aromatic rings. The first kappa shape index (κ1) is 22.3. The van der Waals surface area contributed by atoms with Crippen LogP contribution in [0.1, 0.15) is 15.9 Å². The molecule has 0 fully saturated rings. The van der Waals surface area contributed by atoms with E-state index in [4.69, 9.17) is 9.88 Å². The highest BCUT2D eigenvalue weighted by atomic mass is 32.2. The Bertz CT molecular complexity index is 1420. The second-order valence-electron chi connectivity index (χ2n) is 7.47. The summed E-state index contributed by atoms with van der Waals surface area (Å²) < 4.78 is 30.4. The number of nitrogens with one attached hydrogen (secondary N) is 1. The first-order valence-electron chi connectivity index (χ1n) is 10.2. The number of sulfonamides is 1. The summed E-state index contributed by atoms with van der Waals surface area (Å²) in [6, 6.07) is 25.1. The Labute approximate surface area is 191 Å². The molecule has 0 amide bonds. The molecule has 0 aliphatic heterocycles. The van der Waals surface area contributed by atoms with Crippen molar-refractivity contribution in [1.29, 1.82) is 0 Å². The lowest BCUT2D eigenvalue weighted by Gasteiger charge is -2.17. The number of anilines is 1. The van der Waals surface area contributed by atoms with Crippen molar-refractivity contribution in [2.24, 2.45) is 5.14 Å². The number of benzene rings is 4. The number of carbonyl (C=O) groups is 1. The predicted octanol–water partition coefficient (Wildman–Crippen LogP) is 4.63. The van der Waals surface area contributed by atoms with E-state index in [1.807, 2.05) is 36.4 Å². The van der Waals surface area contributed by atoms with E-state index >= 15 is 0 Å². The molecule has 168 valence electrons. The van der Waals surface area contributed by atoms with Gasteiger partial charge in [-0.3, -0.25) is 0 Å². The van der Waals surface area contributed by atoms with Crippen molar-refractivity contribution < 1.29 is 23.1 Å². The summed E-state index contributed by atoms with van der Waals surface area (Å²) in [5.74, 6) is -0.931. The Kier molecular flexibility index (Phi) is 6.30. The van der Waals surface area contributed by atoms with Gasteiger partial charge in [-0.1, -0.05) is 60.7 Å². The third-order valence-corrected chi connectivity index (χ3v) is 6.03. The molecule has 0 radical (unpaired) electrons. The van der Waals surface area contributed by atoms with E-state index in [2.05, 4.69) is 11.4 Å². The van der Waals surface area contributed by atoms with Crippen molar-refractivity contribution in [1.82, 2.24) is 0 Å². The number of fused-ring (bicyclic) bond motifs is 1. The van der Waals surface area contributed by atoms with Crippen LogP contribution < -0.4 is 15.2 Å². The number of ether oxygens (including phenoxy) is 1. The minimum atomic E-state index is -4.26. The lowest BCUT2D eigenvalue weighted by atomic mass is 10.1. The van der Waals surface area contributed by atoms with Crippen LogP contribution >= 0.6 is 0 Å². The molecule has 4 N–H and O–H groups in total. The number of carboxylic acid groups (broad SMARTS) is 1. The molecule has 0 heterocycles. The molecule has 0 bridgehead atoms. The fraction of sp³-hybridized carbons (Fsp3) is 0.0800. The van der Waals surface area contributed by atoms with Gasteiger partial charge >= 0.3 is 5.97 Å². The molecule has 8 heteroatoms. The molecule has 0 spiro atoms. The monoisotopic (exact) mass is 462 g/mol. The summed E-state index contributed by atoms with van der Waals surface area (Å²) in [4.78, 5) is 11.2. The molecule has 0 saturated carbocycles. The summed E-state index contributed by atoms with van der Waals surface area (Å²) in [7, 11) is -4.26. The molecule has 0 aliphatic carbocycles. The fourth-order valence-electron chi connectivity index (χ4n) is 3.52. The van der Waals surface area contributed by atoms with Crippen molar-refractivity contribution in [3.63, 3.8) is 0 Å². The van der Waals surface area contributed by atoms with Crippen LogP contribution in [0.25, 0.3) is 10.8 Å². The first-order chi connectivity index (χ1) is 15.8. The van der Waals surface area contributed by atoms with Crippen molar-refractivity contribution in [2.75, 3.05) is 11.9 Å². The largest absolute Gasteiger partial charge is 0.478 e. The second kappa shape index (κ2) is 9.32. The lowest BCUT2D eigenvalue weighted by Crippen LogP contribution is -2.16. The number of hydrogen-bond donors (Lipinski definition) is 3. The fourth-order valence-corrected chi connectivity index (χ4v) is 4.22. The van der Waals surface area contributed by atoms with Gasteiger partial charge in [0, 0.05) is 6.54 Å².